The smallest absolute Gasteiger partial charge is 0.315 e. The van der Waals surface area contributed by atoms with E-state index in [0.29, 0.717) is 58.1 Å². The van der Waals surface area contributed by atoms with Crippen molar-refractivity contribution in [1.29, 1.82) is 0 Å². The highest BCUT2D eigenvalue weighted by Crippen LogP contribution is 2.36. The Labute approximate surface area is 247 Å². The quantitative estimate of drug-likeness (QED) is 0.283. The zero-order chi connectivity index (χ0) is 29.9. The number of esters is 1. The summed E-state index contributed by atoms with van der Waals surface area (Å²) in [5.41, 5.74) is 2.39. The summed E-state index contributed by atoms with van der Waals surface area (Å²) in [6.07, 6.45) is 5.62. The summed E-state index contributed by atoms with van der Waals surface area (Å²) >= 11 is 6.03. The summed E-state index contributed by atoms with van der Waals surface area (Å²) in [7, 11) is 5.56. The normalized spacial score (nSPS) is 15.7. The Morgan fingerprint density at radius 1 is 1.17 bits per heavy atom. The second-order valence-electron chi connectivity index (χ2n) is 11.0. The number of carbonyl (C=O) groups is 2. The number of nitrogens with zero attached hydrogens (tertiary/aromatic N) is 2. The first kappa shape index (κ1) is 30.6. The maximum Gasteiger partial charge on any atom is 0.315 e. The van der Waals surface area contributed by atoms with E-state index in [1.807, 2.05) is 59.2 Å². The minimum Gasteiger partial charge on any atom is -0.497 e. The standard InChI is InChI=1S/C33H39ClN2O5/c1-7-33(39,21(2)20-35(4)5)24-9-8-10-27(17-24)41-31(37)19-28-22(3)36(30-16-15-26(40-6)18-29(28)30)32(38)23-11-13-25(34)14-12-23/h10-18,21,39H,7-9,19-20H2,1-6H3/t21-,33-/m1/s1. The lowest BCUT2D eigenvalue weighted by atomic mass is 9.76. The zero-order valence-corrected chi connectivity index (χ0v) is 25.4. The molecule has 4 rings (SSSR count). The molecule has 0 amide bonds. The molecule has 1 N–H and O–H groups in total. The van der Waals surface area contributed by atoms with E-state index in [1.165, 1.54) is 0 Å². The summed E-state index contributed by atoms with van der Waals surface area (Å²) < 4.78 is 12.9. The molecule has 0 unspecified atom stereocenters. The van der Waals surface area contributed by atoms with Crippen molar-refractivity contribution in [2.75, 3.05) is 27.7 Å². The zero-order valence-electron chi connectivity index (χ0n) is 24.7. The molecule has 0 saturated carbocycles. The van der Waals surface area contributed by atoms with Gasteiger partial charge >= 0.3 is 5.97 Å². The van der Waals surface area contributed by atoms with Gasteiger partial charge in [0.05, 0.1) is 24.6 Å². The lowest BCUT2D eigenvalue weighted by Crippen LogP contribution is -2.43. The molecule has 3 aromatic rings. The molecular formula is C33H39ClN2O5. The summed E-state index contributed by atoms with van der Waals surface area (Å²) in [6.45, 7) is 6.60. The van der Waals surface area contributed by atoms with Crippen LogP contribution in [0.1, 0.15) is 54.7 Å². The van der Waals surface area contributed by atoms with E-state index in [2.05, 4.69) is 4.90 Å². The van der Waals surface area contributed by atoms with Gasteiger partial charge in [-0.15, -0.1) is 0 Å². The number of benzene rings is 2. The lowest BCUT2D eigenvalue weighted by Gasteiger charge is -2.38. The molecule has 218 valence electrons. The van der Waals surface area contributed by atoms with Crippen molar-refractivity contribution in [3.05, 3.63) is 87.8 Å². The van der Waals surface area contributed by atoms with Gasteiger partial charge in [0.15, 0.2) is 0 Å². The van der Waals surface area contributed by atoms with Crippen molar-refractivity contribution in [2.24, 2.45) is 5.92 Å². The number of aromatic nitrogens is 1. The van der Waals surface area contributed by atoms with E-state index in [0.717, 1.165) is 17.5 Å². The first-order valence-electron chi connectivity index (χ1n) is 14.0. The number of carbonyl (C=O) groups excluding carboxylic acids is 2. The molecule has 1 aliphatic rings. The molecule has 0 bridgehead atoms. The van der Waals surface area contributed by atoms with Gasteiger partial charge in [-0.2, -0.15) is 0 Å². The molecule has 0 fully saturated rings. The van der Waals surface area contributed by atoms with Gasteiger partial charge in [0.25, 0.3) is 5.91 Å². The molecule has 0 spiro atoms. The van der Waals surface area contributed by atoms with Crippen LogP contribution in [0.2, 0.25) is 5.02 Å². The third-order valence-electron chi connectivity index (χ3n) is 8.01. The minimum absolute atomic E-state index is 0.00531. The fourth-order valence-corrected chi connectivity index (χ4v) is 5.91. The molecule has 1 aliphatic carbocycles. The molecule has 2 atom stereocenters. The SMILES string of the molecule is CC[C@](O)(C1=CC(OC(=O)Cc2c(C)n(C(=O)c3ccc(Cl)cc3)c3ccc(OC)cc23)=CCC1)[C@H](C)CN(C)C. The monoisotopic (exact) mass is 578 g/mol. The van der Waals surface area contributed by atoms with Crippen LogP contribution in [0, 0.1) is 12.8 Å². The molecule has 7 nitrogen and oxygen atoms in total. The number of fused-ring (bicyclic) bond motifs is 1. The lowest BCUT2D eigenvalue weighted by molar-refractivity contribution is -0.138. The number of aliphatic hydroxyl groups is 1. The first-order valence-corrected chi connectivity index (χ1v) is 14.3. The van der Waals surface area contributed by atoms with Crippen molar-refractivity contribution >= 4 is 34.4 Å². The molecular weight excluding hydrogens is 540 g/mol. The Balaban J connectivity index is 1.63. The van der Waals surface area contributed by atoms with Crippen LogP contribution in [0.3, 0.4) is 0 Å². The molecule has 2 aromatic carbocycles. The topological polar surface area (TPSA) is 81.0 Å². The van der Waals surface area contributed by atoms with Crippen molar-refractivity contribution in [1.82, 2.24) is 9.47 Å². The second kappa shape index (κ2) is 12.6. The van der Waals surface area contributed by atoms with E-state index in [9.17, 15) is 14.7 Å². The predicted molar refractivity (Wildman–Crippen MR) is 163 cm³/mol. The number of hydrogen-bond donors (Lipinski definition) is 1. The highest BCUT2D eigenvalue weighted by Gasteiger charge is 2.37. The molecule has 0 aliphatic heterocycles. The number of methoxy groups -OCH3 is 1. The van der Waals surface area contributed by atoms with Crippen molar-refractivity contribution in [3.8, 4) is 5.75 Å². The highest BCUT2D eigenvalue weighted by atomic mass is 35.5. The van der Waals surface area contributed by atoms with E-state index in [-0.39, 0.29) is 18.2 Å². The predicted octanol–water partition coefficient (Wildman–Crippen LogP) is 6.33. The van der Waals surface area contributed by atoms with Gasteiger partial charge in [-0.25, -0.2) is 0 Å². The van der Waals surface area contributed by atoms with Crippen LogP contribution in [0.4, 0.5) is 0 Å². The van der Waals surface area contributed by atoms with Crippen LogP contribution in [-0.2, 0) is 16.0 Å². The number of halogens is 1. The van der Waals surface area contributed by atoms with Crippen LogP contribution < -0.4 is 4.74 Å². The van der Waals surface area contributed by atoms with Gasteiger partial charge in [0, 0.05) is 34.1 Å². The molecule has 1 aromatic heterocycles. The minimum atomic E-state index is -0.987. The average molecular weight is 579 g/mol. The Hall–Kier alpha value is -3.39. The van der Waals surface area contributed by atoms with Crippen LogP contribution in [0.25, 0.3) is 10.9 Å². The first-order chi connectivity index (χ1) is 19.5. The summed E-state index contributed by atoms with van der Waals surface area (Å²) in [5, 5.41) is 12.9. The van der Waals surface area contributed by atoms with Crippen LogP contribution in [-0.4, -0.2) is 59.8 Å². The fraction of sp³-hybridized carbons (Fsp3) is 0.394. The van der Waals surface area contributed by atoms with Crippen LogP contribution >= 0.6 is 11.6 Å². The summed E-state index contributed by atoms with van der Waals surface area (Å²) in [4.78, 5) is 29.0. The average Bonchev–Trinajstić information content (AvgIpc) is 3.22. The molecule has 0 saturated heterocycles. The van der Waals surface area contributed by atoms with Gasteiger partial charge < -0.3 is 19.5 Å². The van der Waals surface area contributed by atoms with E-state index >= 15 is 0 Å². The van der Waals surface area contributed by atoms with Crippen LogP contribution in [0.15, 0.2) is 65.9 Å². The number of ether oxygens (including phenoxy) is 2. The highest BCUT2D eigenvalue weighted by molar-refractivity contribution is 6.30. The molecule has 1 heterocycles. The Bertz CT molecular complexity index is 1500. The van der Waals surface area contributed by atoms with Crippen molar-refractivity contribution in [2.45, 2.75) is 52.1 Å². The van der Waals surface area contributed by atoms with Gasteiger partial charge in [-0.05, 0) is 106 Å². The summed E-state index contributed by atoms with van der Waals surface area (Å²) in [5.74, 6) is 0.403. The van der Waals surface area contributed by atoms with Crippen molar-refractivity contribution < 1.29 is 24.2 Å². The Morgan fingerprint density at radius 3 is 2.51 bits per heavy atom. The largest absolute Gasteiger partial charge is 0.497 e. The number of rotatable bonds is 10. The summed E-state index contributed by atoms with van der Waals surface area (Å²) in [6, 6.07) is 12.2. The van der Waals surface area contributed by atoms with E-state index in [4.69, 9.17) is 21.1 Å². The fourth-order valence-electron chi connectivity index (χ4n) is 5.78. The molecule has 41 heavy (non-hydrogen) atoms. The molecule has 8 heteroatoms. The van der Waals surface area contributed by atoms with Gasteiger partial charge in [0.2, 0.25) is 0 Å². The Kier molecular flexibility index (Phi) is 9.42. The van der Waals surface area contributed by atoms with E-state index in [1.54, 1.807) is 42.0 Å². The van der Waals surface area contributed by atoms with Crippen molar-refractivity contribution in [3.63, 3.8) is 0 Å². The maximum absolute atomic E-state index is 13.6. The third-order valence-corrected chi connectivity index (χ3v) is 8.27. The second-order valence-corrected chi connectivity index (χ2v) is 11.4. The number of allylic oxidation sites excluding steroid dienone is 2. The molecule has 0 radical (unpaired) electrons. The van der Waals surface area contributed by atoms with E-state index < -0.39 is 11.6 Å². The van der Waals surface area contributed by atoms with Crippen LogP contribution in [0.5, 0.6) is 5.75 Å². The maximum atomic E-state index is 13.6. The number of hydrogen-bond acceptors (Lipinski definition) is 6. The Morgan fingerprint density at radius 2 is 1.88 bits per heavy atom. The third kappa shape index (κ3) is 6.43. The van der Waals surface area contributed by atoms with Gasteiger partial charge in [0.1, 0.15) is 11.5 Å². The van der Waals surface area contributed by atoms with Gasteiger partial charge in [-0.3, -0.25) is 14.2 Å². The van der Waals surface area contributed by atoms with Gasteiger partial charge in [-0.1, -0.05) is 25.4 Å².